The smallest absolute Gasteiger partial charge is 0.136 e. The summed E-state index contributed by atoms with van der Waals surface area (Å²) in [6.45, 7) is 0. The number of benzene rings is 2. The molecular formula is C18H19NO. The largest absolute Gasteiger partial charge is 0.305 e. The molecule has 0 bridgehead atoms. The van der Waals surface area contributed by atoms with Gasteiger partial charge in [0.15, 0.2) is 0 Å². The van der Waals surface area contributed by atoms with Crippen LogP contribution in [0.3, 0.4) is 0 Å². The Morgan fingerprint density at radius 1 is 0.950 bits per heavy atom. The van der Waals surface area contributed by atoms with Gasteiger partial charge in [0.05, 0.1) is 6.04 Å². The second-order valence-corrected chi connectivity index (χ2v) is 5.45. The van der Waals surface area contributed by atoms with Crippen molar-refractivity contribution >= 4 is 6.29 Å². The van der Waals surface area contributed by atoms with Gasteiger partial charge in [-0.05, 0) is 36.0 Å². The van der Waals surface area contributed by atoms with Crippen molar-refractivity contribution in [1.29, 1.82) is 0 Å². The monoisotopic (exact) mass is 265 g/mol. The number of nitrogens with one attached hydrogen (secondary N) is 1. The zero-order chi connectivity index (χ0) is 13.8. The van der Waals surface area contributed by atoms with Crippen LogP contribution in [0.25, 0.3) is 11.1 Å². The molecule has 0 amide bonds. The lowest BCUT2D eigenvalue weighted by atomic mass is 10.0. The molecule has 2 nitrogen and oxygen atoms in total. The van der Waals surface area contributed by atoms with Gasteiger partial charge >= 0.3 is 0 Å². The average molecular weight is 265 g/mol. The van der Waals surface area contributed by atoms with Crippen LogP contribution in [0.1, 0.15) is 18.4 Å². The fourth-order valence-corrected chi connectivity index (χ4v) is 2.87. The maximum atomic E-state index is 10.7. The summed E-state index contributed by atoms with van der Waals surface area (Å²) in [5.41, 5.74) is 3.83. The lowest BCUT2D eigenvalue weighted by Gasteiger charge is -2.11. The molecule has 0 saturated carbocycles. The van der Waals surface area contributed by atoms with Gasteiger partial charge in [-0.2, -0.15) is 0 Å². The molecule has 0 radical (unpaired) electrons. The SMILES string of the molecule is O=CC1CCC(Cc2ccc(-c3ccccc3)cc2)N1. The van der Waals surface area contributed by atoms with E-state index in [0.29, 0.717) is 6.04 Å². The van der Waals surface area contributed by atoms with Gasteiger partial charge in [-0.1, -0.05) is 54.6 Å². The molecule has 102 valence electrons. The van der Waals surface area contributed by atoms with Gasteiger partial charge in [-0.3, -0.25) is 0 Å². The van der Waals surface area contributed by atoms with Crippen LogP contribution in [-0.4, -0.2) is 18.4 Å². The van der Waals surface area contributed by atoms with E-state index in [1.54, 1.807) is 0 Å². The Kier molecular flexibility index (Phi) is 3.93. The summed E-state index contributed by atoms with van der Waals surface area (Å²) in [6, 6.07) is 19.6. The number of hydrogen-bond donors (Lipinski definition) is 1. The minimum absolute atomic E-state index is 0.0589. The molecule has 2 unspecified atom stereocenters. The third-order valence-electron chi connectivity index (χ3n) is 3.98. The van der Waals surface area contributed by atoms with Crippen LogP contribution in [-0.2, 0) is 11.2 Å². The summed E-state index contributed by atoms with van der Waals surface area (Å²) in [7, 11) is 0. The normalized spacial score (nSPS) is 21.8. The molecule has 3 rings (SSSR count). The van der Waals surface area contributed by atoms with Crippen LogP contribution < -0.4 is 5.32 Å². The van der Waals surface area contributed by atoms with Crippen LogP contribution in [0, 0.1) is 0 Å². The van der Waals surface area contributed by atoms with E-state index in [0.717, 1.165) is 25.5 Å². The van der Waals surface area contributed by atoms with Gasteiger partial charge in [0.1, 0.15) is 6.29 Å². The van der Waals surface area contributed by atoms with Gasteiger partial charge < -0.3 is 10.1 Å². The fourth-order valence-electron chi connectivity index (χ4n) is 2.87. The molecule has 2 heteroatoms. The quantitative estimate of drug-likeness (QED) is 0.860. The van der Waals surface area contributed by atoms with Gasteiger partial charge in [-0.15, -0.1) is 0 Å². The predicted molar refractivity (Wildman–Crippen MR) is 81.6 cm³/mol. The maximum Gasteiger partial charge on any atom is 0.136 e. The fraction of sp³-hybridized carbons (Fsp3) is 0.278. The first-order valence-corrected chi connectivity index (χ1v) is 7.21. The standard InChI is InChI=1S/C18H19NO/c20-13-18-11-10-17(19-18)12-14-6-8-16(9-7-14)15-4-2-1-3-5-15/h1-9,13,17-19H,10-12H2. The van der Waals surface area contributed by atoms with Crippen LogP contribution in [0.4, 0.5) is 0 Å². The summed E-state index contributed by atoms with van der Waals surface area (Å²) in [6.07, 6.45) is 4.08. The van der Waals surface area contributed by atoms with Crippen LogP contribution >= 0.6 is 0 Å². The van der Waals surface area contributed by atoms with E-state index in [9.17, 15) is 4.79 Å². The Balaban J connectivity index is 1.66. The first kappa shape index (κ1) is 13.1. The summed E-state index contributed by atoms with van der Waals surface area (Å²) in [5.74, 6) is 0. The topological polar surface area (TPSA) is 29.1 Å². The van der Waals surface area contributed by atoms with Gasteiger partial charge in [0, 0.05) is 6.04 Å². The number of rotatable bonds is 4. The van der Waals surface area contributed by atoms with Crippen LogP contribution in [0.2, 0.25) is 0 Å². The highest BCUT2D eigenvalue weighted by atomic mass is 16.1. The zero-order valence-electron chi connectivity index (χ0n) is 11.5. The lowest BCUT2D eigenvalue weighted by Crippen LogP contribution is -2.31. The molecule has 0 aliphatic carbocycles. The maximum absolute atomic E-state index is 10.7. The van der Waals surface area contributed by atoms with Crippen molar-refractivity contribution in [1.82, 2.24) is 5.32 Å². The Morgan fingerprint density at radius 3 is 2.30 bits per heavy atom. The highest BCUT2D eigenvalue weighted by molar-refractivity contribution is 5.63. The molecule has 1 aliphatic rings. The first-order chi connectivity index (χ1) is 9.85. The summed E-state index contributed by atoms with van der Waals surface area (Å²) < 4.78 is 0. The lowest BCUT2D eigenvalue weighted by molar-refractivity contribution is -0.109. The Morgan fingerprint density at radius 2 is 1.65 bits per heavy atom. The number of carbonyl (C=O) groups excluding carboxylic acids is 1. The van der Waals surface area contributed by atoms with E-state index >= 15 is 0 Å². The zero-order valence-corrected chi connectivity index (χ0v) is 11.5. The third kappa shape index (κ3) is 2.97. The molecule has 0 aromatic heterocycles. The highest BCUT2D eigenvalue weighted by Gasteiger charge is 2.22. The number of aldehydes is 1. The van der Waals surface area contributed by atoms with Crippen molar-refractivity contribution in [3.05, 3.63) is 60.2 Å². The average Bonchev–Trinajstić information content (AvgIpc) is 2.97. The molecule has 1 aliphatic heterocycles. The molecule has 2 aromatic rings. The first-order valence-electron chi connectivity index (χ1n) is 7.21. The van der Waals surface area contributed by atoms with Gasteiger partial charge in [-0.25, -0.2) is 0 Å². The van der Waals surface area contributed by atoms with E-state index in [-0.39, 0.29) is 6.04 Å². The van der Waals surface area contributed by atoms with Crippen molar-refractivity contribution in [3.63, 3.8) is 0 Å². The van der Waals surface area contributed by atoms with E-state index in [2.05, 4.69) is 53.8 Å². The molecule has 1 fully saturated rings. The second-order valence-electron chi connectivity index (χ2n) is 5.45. The van der Waals surface area contributed by atoms with Crippen molar-refractivity contribution in [2.75, 3.05) is 0 Å². The minimum atomic E-state index is 0.0589. The molecule has 1 heterocycles. The van der Waals surface area contributed by atoms with Crippen LogP contribution in [0.15, 0.2) is 54.6 Å². The molecule has 2 aromatic carbocycles. The van der Waals surface area contributed by atoms with E-state index < -0.39 is 0 Å². The molecule has 2 atom stereocenters. The summed E-state index contributed by atoms with van der Waals surface area (Å²) in [4.78, 5) is 10.7. The molecule has 20 heavy (non-hydrogen) atoms. The number of hydrogen-bond acceptors (Lipinski definition) is 2. The van der Waals surface area contributed by atoms with Crippen molar-refractivity contribution in [3.8, 4) is 11.1 Å². The summed E-state index contributed by atoms with van der Waals surface area (Å²) in [5, 5.41) is 3.37. The molecule has 0 spiro atoms. The predicted octanol–water partition coefficient (Wildman–Crippen LogP) is 3.22. The Bertz CT molecular complexity index is 562. The third-order valence-corrected chi connectivity index (χ3v) is 3.98. The van der Waals surface area contributed by atoms with E-state index in [4.69, 9.17) is 0 Å². The molecule has 1 saturated heterocycles. The highest BCUT2D eigenvalue weighted by Crippen LogP contribution is 2.21. The molecular weight excluding hydrogens is 246 g/mol. The van der Waals surface area contributed by atoms with Gasteiger partial charge in [0.25, 0.3) is 0 Å². The van der Waals surface area contributed by atoms with Gasteiger partial charge in [0.2, 0.25) is 0 Å². The van der Waals surface area contributed by atoms with E-state index in [1.807, 2.05) is 6.07 Å². The van der Waals surface area contributed by atoms with E-state index in [1.165, 1.54) is 16.7 Å². The Hall–Kier alpha value is -1.93. The minimum Gasteiger partial charge on any atom is -0.305 e. The summed E-state index contributed by atoms with van der Waals surface area (Å²) >= 11 is 0. The second kappa shape index (κ2) is 6.02. The number of carbonyl (C=O) groups is 1. The van der Waals surface area contributed by atoms with Crippen molar-refractivity contribution in [2.24, 2.45) is 0 Å². The Labute approximate surface area is 119 Å². The molecule has 1 N–H and O–H groups in total. The van der Waals surface area contributed by atoms with Crippen LogP contribution in [0.5, 0.6) is 0 Å². The van der Waals surface area contributed by atoms with Crippen molar-refractivity contribution in [2.45, 2.75) is 31.3 Å². The van der Waals surface area contributed by atoms with Crippen molar-refractivity contribution < 1.29 is 4.79 Å².